The quantitative estimate of drug-likeness (QED) is 0.706. The predicted molar refractivity (Wildman–Crippen MR) is 100 cm³/mol. The first-order chi connectivity index (χ1) is 12.6. The van der Waals surface area contributed by atoms with Crippen molar-refractivity contribution in [1.29, 1.82) is 0 Å². The Balaban J connectivity index is 1.64. The summed E-state index contributed by atoms with van der Waals surface area (Å²) in [7, 11) is 1.32. The Labute approximate surface area is 151 Å². The number of anilines is 1. The van der Waals surface area contributed by atoms with Crippen molar-refractivity contribution in [3.63, 3.8) is 0 Å². The largest absolute Gasteiger partial charge is 0.481 e. The summed E-state index contributed by atoms with van der Waals surface area (Å²) in [6, 6.07) is 20.1. The molecule has 0 saturated carbocycles. The highest BCUT2D eigenvalue weighted by Crippen LogP contribution is 2.21. The van der Waals surface area contributed by atoms with E-state index >= 15 is 0 Å². The number of carbonyl (C=O) groups excluding carboxylic acids is 2. The second-order valence-corrected chi connectivity index (χ2v) is 5.83. The van der Waals surface area contributed by atoms with E-state index in [9.17, 15) is 9.59 Å². The van der Waals surface area contributed by atoms with Gasteiger partial charge in [-0.05, 0) is 54.1 Å². The molecule has 0 aliphatic carbocycles. The van der Waals surface area contributed by atoms with E-state index in [2.05, 4.69) is 10.1 Å². The van der Waals surface area contributed by atoms with Crippen LogP contribution in [0.15, 0.2) is 66.7 Å². The number of benzene rings is 3. The summed E-state index contributed by atoms with van der Waals surface area (Å²) in [5.74, 6) is -0.0627. The minimum absolute atomic E-state index is 0.274. The molecule has 0 fully saturated rings. The van der Waals surface area contributed by atoms with Gasteiger partial charge in [0.25, 0.3) is 5.91 Å². The minimum Gasteiger partial charge on any atom is -0.481 e. The number of fused-ring (bicyclic) bond motifs is 1. The third kappa shape index (κ3) is 4.00. The summed E-state index contributed by atoms with van der Waals surface area (Å²) in [5.41, 5.74) is 1.00. The average Bonchev–Trinajstić information content (AvgIpc) is 2.67. The van der Waals surface area contributed by atoms with Crippen molar-refractivity contribution < 1.29 is 19.1 Å². The molecule has 0 aromatic heterocycles. The van der Waals surface area contributed by atoms with E-state index in [4.69, 9.17) is 4.74 Å². The fourth-order valence-corrected chi connectivity index (χ4v) is 2.55. The number of hydrogen-bond donors (Lipinski definition) is 1. The fourth-order valence-electron chi connectivity index (χ4n) is 2.55. The van der Waals surface area contributed by atoms with Crippen LogP contribution >= 0.6 is 0 Å². The maximum Gasteiger partial charge on any atom is 0.337 e. The second kappa shape index (κ2) is 7.70. The monoisotopic (exact) mass is 349 g/mol. The standard InChI is InChI=1S/C21H19NO4/c1-14(26-19-12-9-15-5-3-4-6-17(15)13-19)20(23)22-18-10-7-16(8-11-18)21(24)25-2/h3-14H,1-2H3,(H,22,23)/t14-/m0/s1. The molecule has 0 aliphatic heterocycles. The fraction of sp³-hybridized carbons (Fsp3) is 0.143. The molecule has 3 aromatic rings. The molecule has 1 amide bonds. The van der Waals surface area contributed by atoms with Crippen LogP contribution in [0.25, 0.3) is 10.8 Å². The summed E-state index contributed by atoms with van der Waals surface area (Å²) in [5, 5.41) is 4.93. The Morgan fingerprint density at radius 3 is 2.31 bits per heavy atom. The third-order valence-electron chi connectivity index (χ3n) is 3.98. The molecule has 0 radical (unpaired) electrons. The SMILES string of the molecule is COC(=O)c1ccc(NC(=O)[C@H](C)Oc2ccc3ccccc3c2)cc1. The van der Waals surface area contributed by atoms with Crippen LogP contribution in [0.2, 0.25) is 0 Å². The van der Waals surface area contributed by atoms with E-state index in [1.807, 2.05) is 42.5 Å². The maximum atomic E-state index is 12.3. The first kappa shape index (κ1) is 17.5. The van der Waals surface area contributed by atoms with Gasteiger partial charge in [0.05, 0.1) is 12.7 Å². The van der Waals surface area contributed by atoms with Gasteiger partial charge in [0.1, 0.15) is 5.75 Å². The molecule has 3 rings (SSSR count). The van der Waals surface area contributed by atoms with Crippen molar-refractivity contribution in [3.05, 3.63) is 72.3 Å². The lowest BCUT2D eigenvalue weighted by atomic mass is 10.1. The molecular weight excluding hydrogens is 330 g/mol. The molecule has 0 saturated heterocycles. The van der Waals surface area contributed by atoms with Crippen LogP contribution in [0.1, 0.15) is 17.3 Å². The van der Waals surface area contributed by atoms with Crippen LogP contribution in [0.5, 0.6) is 5.75 Å². The second-order valence-electron chi connectivity index (χ2n) is 5.83. The number of ether oxygens (including phenoxy) is 2. The van der Waals surface area contributed by atoms with E-state index in [1.165, 1.54) is 7.11 Å². The van der Waals surface area contributed by atoms with Crippen LogP contribution in [-0.4, -0.2) is 25.1 Å². The van der Waals surface area contributed by atoms with E-state index in [1.54, 1.807) is 31.2 Å². The van der Waals surface area contributed by atoms with Gasteiger partial charge >= 0.3 is 5.97 Å². The average molecular weight is 349 g/mol. The lowest BCUT2D eigenvalue weighted by molar-refractivity contribution is -0.122. The molecule has 5 heteroatoms. The number of rotatable bonds is 5. The smallest absolute Gasteiger partial charge is 0.337 e. The Morgan fingerprint density at radius 1 is 0.923 bits per heavy atom. The highest BCUT2D eigenvalue weighted by atomic mass is 16.5. The molecule has 1 N–H and O–H groups in total. The van der Waals surface area contributed by atoms with Crippen LogP contribution < -0.4 is 10.1 Å². The van der Waals surface area contributed by atoms with E-state index in [-0.39, 0.29) is 5.91 Å². The number of esters is 1. The molecule has 1 atom stereocenters. The van der Waals surface area contributed by atoms with Gasteiger partial charge in [-0.15, -0.1) is 0 Å². The number of methoxy groups -OCH3 is 1. The summed E-state index contributed by atoms with van der Waals surface area (Å²) in [4.78, 5) is 23.7. The Hall–Kier alpha value is -3.34. The molecule has 3 aromatic carbocycles. The molecule has 0 aliphatic rings. The molecule has 26 heavy (non-hydrogen) atoms. The molecule has 5 nitrogen and oxygen atoms in total. The first-order valence-electron chi connectivity index (χ1n) is 8.21. The van der Waals surface area contributed by atoms with Crippen LogP contribution in [-0.2, 0) is 9.53 Å². The number of carbonyl (C=O) groups is 2. The number of hydrogen-bond acceptors (Lipinski definition) is 4. The zero-order valence-electron chi connectivity index (χ0n) is 14.6. The topological polar surface area (TPSA) is 64.6 Å². The summed E-state index contributed by atoms with van der Waals surface area (Å²) in [6.07, 6.45) is -0.670. The normalized spacial score (nSPS) is 11.6. The minimum atomic E-state index is -0.670. The predicted octanol–water partition coefficient (Wildman–Crippen LogP) is 4.03. The molecule has 132 valence electrons. The zero-order chi connectivity index (χ0) is 18.5. The van der Waals surface area contributed by atoms with Crippen molar-refractivity contribution in [2.24, 2.45) is 0 Å². The van der Waals surface area contributed by atoms with Gasteiger partial charge in [-0.2, -0.15) is 0 Å². The van der Waals surface area contributed by atoms with Crippen LogP contribution in [0.4, 0.5) is 5.69 Å². The van der Waals surface area contributed by atoms with Crippen LogP contribution in [0.3, 0.4) is 0 Å². The van der Waals surface area contributed by atoms with Crippen molar-refractivity contribution in [2.75, 3.05) is 12.4 Å². The van der Waals surface area contributed by atoms with Gasteiger partial charge < -0.3 is 14.8 Å². The van der Waals surface area contributed by atoms with Gasteiger partial charge in [-0.3, -0.25) is 4.79 Å². The van der Waals surface area contributed by atoms with Crippen molar-refractivity contribution in [1.82, 2.24) is 0 Å². The Kier molecular flexibility index (Phi) is 5.17. The molecule has 0 heterocycles. The van der Waals surface area contributed by atoms with Crippen molar-refractivity contribution in [2.45, 2.75) is 13.0 Å². The maximum absolute atomic E-state index is 12.3. The molecular formula is C21H19NO4. The zero-order valence-corrected chi connectivity index (χ0v) is 14.6. The van der Waals surface area contributed by atoms with Crippen molar-refractivity contribution in [3.8, 4) is 5.75 Å². The third-order valence-corrected chi connectivity index (χ3v) is 3.98. The van der Waals surface area contributed by atoms with Gasteiger partial charge in [0.15, 0.2) is 6.10 Å². The van der Waals surface area contributed by atoms with E-state index in [0.29, 0.717) is 17.0 Å². The lowest BCUT2D eigenvalue weighted by Gasteiger charge is -2.15. The highest BCUT2D eigenvalue weighted by molar-refractivity contribution is 5.95. The van der Waals surface area contributed by atoms with Crippen molar-refractivity contribution >= 4 is 28.3 Å². The van der Waals surface area contributed by atoms with Crippen LogP contribution in [0, 0.1) is 0 Å². The number of amides is 1. The van der Waals surface area contributed by atoms with Gasteiger partial charge in [-0.1, -0.05) is 30.3 Å². The summed E-state index contributed by atoms with van der Waals surface area (Å²) >= 11 is 0. The Morgan fingerprint density at radius 2 is 1.62 bits per heavy atom. The summed E-state index contributed by atoms with van der Waals surface area (Å²) < 4.78 is 10.4. The van der Waals surface area contributed by atoms with Gasteiger partial charge in [-0.25, -0.2) is 4.79 Å². The number of nitrogens with one attached hydrogen (secondary N) is 1. The van der Waals surface area contributed by atoms with Gasteiger partial charge in [0.2, 0.25) is 0 Å². The first-order valence-corrected chi connectivity index (χ1v) is 8.21. The molecule has 0 unspecified atom stereocenters. The molecule has 0 spiro atoms. The molecule has 0 bridgehead atoms. The van der Waals surface area contributed by atoms with E-state index in [0.717, 1.165) is 10.8 Å². The lowest BCUT2D eigenvalue weighted by Crippen LogP contribution is -2.30. The summed E-state index contributed by atoms with van der Waals surface area (Å²) in [6.45, 7) is 1.69. The highest BCUT2D eigenvalue weighted by Gasteiger charge is 2.15. The van der Waals surface area contributed by atoms with Gasteiger partial charge in [0, 0.05) is 5.69 Å². The Bertz CT molecular complexity index is 934. The van der Waals surface area contributed by atoms with E-state index < -0.39 is 12.1 Å².